The summed E-state index contributed by atoms with van der Waals surface area (Å²) in [5.41, 5.74) is -0.454. The average molecular weight is 508 g/mol. The second-order valence-corrected chi connectivity index (χ2v) is 9.64. The SMILES string of the molecule is O=C(COc1ccc(Cl)c(F)c1)NC1(CCN2C[C@H](C3CN(CC(F)(F)F)C3)OC2=O)CCC1. The second-order valence-electron chi connectivity index (χ2n) is 9.23. The van der Waals surface area contributed by atoms with Crippen LogP contribution in [0.15, 0.2) is 18.2 Å². The van der Waals surface area contributed by atoms with Crippen molar-refractivity contribution in [3.8, 4) is 5.75 Å². The number of cyclic esters (lactones) is 1. The van der Waals surface area contributed by atoms with Crippen LogP contribution in [0.1, 0.15) is 25.7 Å². The van der Waals surface area contributed by atoms with Gasteiger partial charge in [-0.1, -0.05) is 11.6 Å². The number of amides is 2. The van der Waals surface area contributed by atoms with Crippen LogP contribution in [-0.2, 0) is 9.53 Å². The molecule has 1 N–H and O–H groups in total. The molecule has 2 amide bonds. The number of hydrogen-bond donors (Lipinski definition) is 1. The van der Waals surface area contributed by atoms with Gasteiger partial charge in [-0.25, -0.2) is 9.18 Å². The Morgan fingerprint density at radius 2 is 2.00 bits per heavy atom. The Hall–Kier alpha value is -2.27. The molecule has 4 rings (SSSR count). The molecular weight excluding hydrogens is 482 g/mol. The van der Waals surface area contributed by atoms with Gasteiger partial charge in [0.1, 0.15) is 17.7 Å². The topological polar surface area (TPSA) is 71.1 Å². The van der Waals surface area contributed by atoms with E-state index in [-0.39, 0.29) is 42.3 Å². The molecule has 2 aliphatic heterocycles. The maximum Gasteiger partial charge on any atom is 0.410 e. The number of carbonyl (C=O) groups is 2. The molecule has 1 aliphatic carbocycles. The fourth-order valence-corrected chi connectivity index (χ4v) is 4.74. The molecule has 3 fully saturated rings. The smallest absolute Gasteiger partial charge is 0.410 e. The lowest BCUT2D eigenvalue weighted by Crippen LogP contribution is -2.56. The third-order valence-corrected chi connectivity index (χ3v) is 6.97. The Morgan fingerprint density at radius 1 is 1.26 bits per heavy atom. The van der Waals surface area contributed by atoms with Gasteiger partial charge in [0.25, 0.3) is 5.91 Å². The Balaban J connectivity index is 1.21. The normalized spacial score (nSPS) is 22.7. The minimum atomic E-state index is -4.24. The molecule has 188 valence electrons. The molecule has 0 aromatic heterocycles. The van der Waals surface area contributed by atoms with E-state index in [1.165, 1.54) is 17.0 Å². The minimum Gasteiger partial charge on any atom is -0.484 e. The summed E-state index contributed by atoms with van der Waals surface area (Å²) in [6.45, 7) is -0.0262. The number of hydrogen-bond acceptors (Lipinski definition) is 5. The molecule has 2 saturated heterocycles. The summed E-state index contributed by atoms with van der Waals surface area (Å²) in [6, 6.07) is 3.92. The molecule has 7 nitrogen and oxygen atoms in total. The molecule has 0 unspecified atom stereocenters. The van der Waals surface area contributed by atoms with Gasteiger partial charge in [-0.3, -0.25) is 9.69 Å². The van der Waals surface area contributed by atoms with Crippen molar-refractivity contribution in [1.82, 2.24) is 15.1 Å². The van der Waals surface area contributed by atoms with Crippen LogP contribution >= 0.6 is 11.6 Å². The van der Waals surface area contributed by atoms with Gasteiger partial charge in [-0.05, 0) is 37.8 Å². The summed E-state index contributed by atoms with van der Waals surface area (Å²) in [5, 5.41) is 2.93. The van der Waals surface area contributed by atoms with Gasteiger partial charge in [0, 0.05) is 37.2 Å². The fourth-order valence-electron chi connectivity index (χ4n) is 4.63. The molecule has 1 aromatic rings. The molecule has 34 heavy (non-hydrogen) atoms. The quantitative estimate of drug-likeness (QED) is 0.517. The molecule has 1 saturated carbocycles. The van der Waals surface area contributed by atoms with Crippen LogP contribution in [0.25, 0.3) is 0 Å². The number of nitrogens with one attached hydrogen (secondary N) is 1. The van der Waals surface area contributed by atoms with Crippen LogP contribution in [0.4, 0.5) is 22.4 Å². The lowest BCUT2D eigenvalue weighted by atomic mass is 9.74. The van der Waals surface area contributed by atoms with E-state index in [9.17, 15) is 27.2 Å². The molecule has 2 heterocycles. The first kappa shape index (κ1) is 24.8. The summed E-state index contributed by atoms with van der Waals surface area (Å²) in [4.78, 5) is 27.5. The molecule has 12 heteroatoms. The number of nitrogens with zero attached hydrogens (tertiary/aromatic N) is 2. The van der Waals surface area contributed by atoms with E-state index in [1.807, 2.05) is 0 Å². The fraction of sp³-hybridized carbons (Fsp3) is 0.636. The van der Waals surface area contributed by atoms with Gasteiger partial charge in [0.15, 0.2) is 6.61 Å². The molecule has 1 aromatic carbocycles. The van der Waals surface area contributed by atoms with E-state index in [0.29, 0.717) is 19.5 Å². The first-order valence-corrected chi connectivity index (χ1v) is 11.5. The van der Waals surface area contributed by atoms with Gasteiger partial charge in [-0.15, -0.1) is 0 Å². The van der Waals surface area contributed by atoms with Gasteiger partial charge in [0.2, 0.25) is 0 Å². The van der Waals surface area contributed by atoms with Crippen LogP contribution < -0.4 is 10.1 Å². The predicted molar refractivity (Wildman–Crippen MR) is 114 cm³/mol. The maximum absolute atomic E-state index is 13.5. The van der Waals surface area contributed by atoms with Crippen molar-refractivity contribution in [2.75, 3.05) is 39.3 Å². The highest BCUT2D eigenvalue weighted by Gasteiger charge is 2.46. The lowest BCUT2D eigenvalue weighted by Gasteiger charge is -2.43. The highest BCUT2D eigenvalue weighted by molar-refractivity contribution is 6.30. The molecule has 3 aliphatic rings. The van der Waals surface area contributed by atoms with Gasteiger partial charge >= 0.3 is 12.3 Å². The van der Waals surface area contributed by atoms with Gasteiger partial charge in [-0.2, -0.15) is 13.2 Å². The van der Waals surface area contributed by atoms with E-state index in [1.54, 1.807) is 4.90 Å². The summed E-state index contributed by atoms with van der Waals surface area (Å²) in [5.74, 6) is -0.907. The van der Waals surface area contributed by atoms with Crippen molar-refractivity contribution in [2.45, 2.75) is 43.5 Å². The highest BCUT2D eigenvalue weighted by Crippen LogP contribution is 2.36. The van der Waals surface area contributed by atoms with E-state index < -0.39 is 36.3 Å². The van der Waals surface area contributed by atoms with E-state index in [2.05, 4.69) is 5.32 Å². The molecule has 0 bridgehead atoms. The van der Waals surface area contributed by atoms with Gasteiger partial charge < -0.3 is 19.7 Å². The number of halogens is 5. The van der Waals surface area contributed by atoms with Gasteiger partial charge in [0.05, 0.1) is 18.1 Å². The summed E-state index contributed by atoms with van der Waals surface area (Å²) < 4.78 is 61.6. The number of benzene rings is 1. The Kier molecular flexibility index (Phi) is 7.14. The number of likely N-dealkylation sites (tertiary alicyclic amines) is 1. The van der Waals surface area contributed by atoms with Crippen molar-refractivity contribution >= 4 is 23.6 Å². The van der Waals surface area contributed by atoms with E-state index in [4.69, 9.17) is 21.1 Å². The third kappa shape index (κ3) is 6.04. The number of alkyl halides is 3. The third-order valence-electron chi connectivity index (χ3n) is 6.66. The van der Waals surface area contributed by atoms with E-state index >= 15 is 0 Å². The first-order valence-electron chi connectivity index (χ1n) is 11.2. The highest BCUT2D eigenvalue weighted by atomic mass is 35.5. The second kappa shape index (κ2) is 9.77. The number of rotatable bonds is 9. The zero-order chi connectivity index (χ0) is 24.5. The van der Waals surface area contributed by atoms with Crippen LogP contribution in [0.2, 0.25) is 5.02 Å². The van der Waals surface area contributed by atoms with Crippen molar-refractivity contribution < 1.29 is 36.6 Å². The number of carbonyl (C=O) groups excluding carboxylic acids is 2. The Labute approximate surface area is 199 Å². The molecule has 1 atom stereocenters. The average Bonchev–Trinajstić information content (AvgIpc) is 3.06. The maximum atomic E-state index is 13.5. The Morgan fingerprint density at radius 3 is 2.62 bits per heavy atom. The first-order chi connectivity index (χ1) is 16.0. The van der Waals surface area contributed by atoms with Crippen LogP contribution in [-0.4, -0.2) is 79.0 Å². The van der Waals surface area contributed by atoms with Crippen molar-refractivity contribution in [3.63, 3.8) is 0 Å². The monoisotopic (exact) mass is 507 g/mol. The zero-order valence-corrected chi connectivity index (χ0v) is 19.1. The minimum absolute atomic E-state index is 0.0381. The predicted octanol–water partition coefficient (Wildman–Crippen LogP) is 3.60. The van der Waals surface area contributed by atoms with Crippen molar-refractivity contribution in [1.29, 1.82) is 0 Å². The summed E-state index contributed by atoms with van der Waals surface area (Å²) >= 11 is 5.63. The molecular formula is C22H26ClF4N3O4. The Bertz CT molecular complexity index is 922. The van der Waals surface area contributed by atoms with E-state index in [0.717, 1.165) is 25.3 Å². The molecule has 0 spiro atoms. The summed E-state index contributed by atoms with van der Waals surface area (Å²) in [6.07, 6.45) is -2.15. The van der Waals surface area contributed by atoms with Crippen molar-refractivity contribution in [3.05, 3.63) is 29.0 Å². The number of ether oxygens (including phenoxy) is 2. The standard InChI is InChI=1S/C22H26ClF4N3O4/c23-16-3-2-15(8-17(16)24)33-12-19(31)28-21(4-1-5-21)6-7-30-11-18(34-20(30)32)14-9-29(10-14)13-22(25,26)27/h2-3,8,14,18H,1,4-7,9-13H2,(H,28,31)/t18-/m1/s1. The largest absolute Gasteiger partial charge is 0.484 e. The van der Waals surface area contributed by atoms with Crippen LogP contribution in [0.5, 0.6) is 5.75 Å². The summed E-state index contributed by atoms with van der Waals surface area (Å²) in [7, 11) is 0. The van der Waals surface area contributed by atoms with Crippen LogP contribution in [0, 0.1) is 11.7 Å². The van der Waals surface area contributed by atoms with Crippen LogP contribution in [0.3, 0.4) is 0 Å². The molecule has 0 radical (unpaired) electrons. The zero-order valence-electron chi connectivity index (χ0n) is 18.4. The lowest BCUT2D eigenvalue weighted by molar-refractivity contribution is -0.163. The van der Waals surface area contributed by atoms with Crippen molar-refractivity contribution in [2.24, 2.45) is 5.92 Å².